The summed E-state index contributed by atoms with van der Waals surface area (Å²) in [7, 11) is 0. The summed E-state index contributed by atoms with van der Waals surface area (Å²) in [5.41, 5.74) is 1.83. The van der Waals surface area contributed by atoms with Gasteiger partial charge in [0.1, 0.15) is 24.2 Å². The number of nitrogens with zero attached hydrogens (tertiary/aromatic N) is 5. The van der Waals surface area contributed by atoms with Crippen LogP contribution in [0.15, 0.2) is 49.1 Å². The number of benzene rings is 1. The van der Waals surface area contributed by atoms with E-state index in [4.69, 9.17) is 16.3 Å². The minimum Gasteiger partial charge on any atom is -0.378 e. The molecular weight excluding hydrogens is 368 g/mol. The Morgan fingerprint density at radius 2 is 1.89 bits per heavy atom. The van der Waals surface area contributed by atoms with Gasteiger partial charge in [-0.3, -0.25) is 9.36 Å². The highest BCUT2D eigenvalue weighted by atomic mass is 35.5. The highest BCUT2D eigenvalue weighted by Gasteiger charge is 2.15. The summed E-state index contributed by atoms with van der Waals surface area (Å²) in [4.78, 5) is 19.1. The van der Waals surface area contributed by atoms with Gasteiger partial charge in [-0.05, 0) is 30.3 Å². The molecular formula is C18H17ClN6O2. The molecule has 8 nitrogen and oxygen atoms in total. The Morgan fingerprint density at radius 3 is 2.63 bits per heavy atom. The van der Waals surface area contributed by atoms with Crippen molar-refractivity contribution in [2.24, 2.45) is 0 Å². The van der Waals surface area contributed by atoms with E-state index in [0.717, 1.165) is 18.8 Å². The first-order chi connectivity index (χ1) is 13.2. The lowest BCUT2D eigenvalue weighted by atomic mass is 10.2. The van der Waals surface area contributed by atoms with Gasteiger partial charge in [0, 0.05) is 18.8 Å². The summed E-state index contributed by atoms with van der Waals surface area (Å²) in [5.74, 6) is 0.244. The van der Waals surface area contributed by atoms with E-state index in [0.29, 0.717) is 29.7 Å². The molecule has 1 aliphatic rings. The molecule has 1 saturated heterocycles. The van der Waals surface area contributed by atoms with Crippen LogP contribution in [0.2, 0.25) is 5.02 Å². The van der Waals surface area contributed by atoms with Crippen molar-refractivity contribution in [3.05, 3.63) is 59.8 Å². The molecule has 0 unspecified atom stereocenters. The molecule has 0 atom stereocenters. The van der Waals surface area contributed by atoms with Gasteiger partial charge in [0.2, 0.25) is 0 Å². The fraction of sp³-hybridized carbons (Fsp3) is 0.222. The molecule has 2 aromatic heterocycles. The lowest BCUT2D eigenvalue weighted by molar-refractivity contribution is 0.102. The van der Waals surface area contributed by atoms with Crippen molar-refractivity contribution in [3.8, 4) is 5.82 Å². The third kappa shape index (κ3) is 3.91. The number of hydrogen-bond donors (Lipinski definition) is 1. The van der Waals surface area contributed by atoms with Crippen LogP contribution in [-0.2, 0) is 4.74 Å². The Morgan fingerprint density at radius 1 is 1.11 bits per heavy atom. The number of hydrogen-bond acceptors (Lipinski definition) is 6. The molecule has 9 heteroatoms. The zero-order valence-corrected chi connectivity index (χ0v) is 15.1. The SMILES string of the molecule is O=C(Nc1ccc(N2CCOCC2)c(Cl)c1)c1cccc(-n2cnnc2)n1. The van der Waals surface area contributed by atoms with Gasteiger partial charge < -0.3 is 15.0 Å². The van der Waals surface area contributed by atoms with Gasteiger partial charge in [-0.25, -0.2) is 4.98 Å². The minimum absolute atomic E-state index is 0.287. The number of pyridine rings is 1. The number of anilines is 2. The van der Waals surface area contributed by atoms with E-state index < -0.39 is 0 Å². The van der Waals surface area contributed by atoms with Crippen molar-refractivity contribution < 1.29 is 9.53 Å². The summed E-state index contributed by atoms with van der Waals surface area (Å²) < 4.78 is 6.99. The van der Waals surface area contributed by atoms with Crippen LogP contribution in [0.25, 0.3) is 5.82 Å². The number of morpholine rings is 1. The maximum atomic E-state index is 12.5. The predicted molar refractivity (Wildman–Crippen MR) is 102 cm³/mol. The second-order valence-corrected chi connectivity index (χ2v) is 6.38. The summed E-state index contributed by atoms with van der Waals surface area (Å²) in [6.07, 6.45) is 3.04. The number of nitrogens with one attached hydrogen (secondary N) is 1. The number of rotatable bonds is 4. The Balaban J connectivity index is 1.50. The van der Waals surface area contributed by atoms with Crippen LogP contribution < -0.4 is 10.2 Å². The number of amides is 1. The van der Waals surface area contributed by atoms with E-state index in [1.807, 2.05) is 12.1 Å². The maximum Gasteiger partial charge on any atom is 0.274 e. The Kier molecular flexibility index (Phi) is 4.99. The van der Waals surface area contributed by atoms with E-state index >= 15 is 0 Å². The smallest absolute Gasteiger partial charge is 0.274 e. The first-order valence-corrected chi connectivity index (χ1v) is 8.84. The second-order valence-electron chi connectivity index (χ2n) is 5.97. The van der Waals surface area contributed by atoms with Gasteiger partial charge in [0.15, 0.2) is 0 Å². The second kappa shape index (κ2) is 7.73. The molecule has 1 fully saturated rings. The van der Waals surface area contributed by atoms with E-state index in [2.05, 4.69) is 25.4 Å². The molecule has 138 valence electrons. The number of halogens is 1. The molecule has 1 aliphatic heterocycles. The van der Waals surface area contributed by atoms with Crippen molar-refractivity contribution in [1.29, 1.82) is 0 Å². The molecule has 1 amide bonds. The summed E-state index contributed by atoms with van der Waals surface area (Å²) in [6, 6.07) is 10.7. The van der Waals surface area contributed by atoms with Crippen molar-refractivity contribution >= 4 is 28.9 Å². The summed E-state index contributed by atoms with van der Waals surface area (Å²) >= 11 is 6.42. The van der Waals surface area contributed by atoms with Crippen molar-refractivity contribution in [2.75, 3.05) is 36.5 Å². The fourth-order valence-electron chi connectivity index (χ4n) is 2.85. The van der Waals surface area contributed by atoms with E-state index in [-0.39, 0.29) is 11.6 Å². The van der Waals surface area contributed by atoms with Gasteiger partial charge in [0.25, 0.3) is 5.91 Å². The average Bonchev–Trinajstić information content (AvgIpc) is 3.24. The largest absolute Gasteiger partial charge is 0.378 e. The van der Waals surface area contributed by atoms with Crippen LogP contribution in [0.5, 0.6) is 0 Å². The van der Waals surface area contributed by atoms with Crippen LogP contribution in [0, 0.1) is 0 Å². The molecule has 0 saturated carbocycles. The molecule has 27 heavy (non-hydrogen) atoms. The van der Waals surface area contributed by atoms with Crippen LogP contribution in [0.3, 0.4) is 0 Å². The van der Waals surface area contributed by atoms with Gasteiger partial charge in [-0.1, -0.05) is 17.7 Å². The van der Waals surface area contributed by atoms with Crippen molar-refractivity contribution in [1.82, 2.24) is 19.7 Å². The zero-order chi connectivity index (χ0) is 18.6. The number of ether oxygens (including phenoxy) is 1. The first-order valence-electron chi connectivity index (χ1n) is 8.46. The van der Waals surface area contributed by atoms with Crippen LogP contribution in [0.4, 0.5) is 11.4 Å². The Labute approximate surface area is 160 Å². The molecule has 3 aromatic rings. The molecule has 1 N–H and O–H groups in total. The van der Waals surface area contributed by atoms with Crippen molar-refractivity contribution in [2.45, 2.75) is 0 Å². The highest BCUT2D eigenvalue weighted by molar-refractivity contribution is 6.33. The van der Waals surface area contributed by atoms with E-state index in [1.54, 1.807) is 28.8 Å². The molecule has 4 rings (SSSR count). The van der Waals surface area contributed by atoms with E-state index in [1.165, 1.54) is 12.7 Å². The Hall–Kier alpha value is -2.97. The van der Waals surface area contributed by atoms with Gasteiger partial charge >= 0.3 is 0 Å². The zero-order valence-electron chi connectivity index (χ0n) is 14.4. The standard InChI is InChI=1S/C18H17ClN6O2/c19-14-10-13(4-5-16(14)24-6-8-27-9-7-24)22-18(26)15-2-1-3-17(23-15)25-11-20-21-12-25/h1-5,10-12H,6-9H2,(H,22,26). The Bertz CT molecular complexity index is 941. The van der Waals surface area contributed by atoms with Gasteiger partial charge in [0.05, 0.1) is 23.9 Å². The topological polar surface area (TPSA) is 85.2 Å². The average molecular weight is 385 g/mol. The maximum absolute atomic E-state index is 12.5. The van der Waals surface area contributed by atoms with Crippen LogP contribution >= 0.6 is 11.6 Å². The summed E-state index contributed by atoms with van der Waals surface area (Å²) in [5, 5.41) is 10.9. The third-order valence-corrected chi connectivity index (χ3v) is 4.51. The quantitative estimate of drug-likeness (QED) is 0.743. The predicted octanol–water partition coefficient (Wildman–Crippen LogP) is 2.40. The van der Waals surface area contributed by atoms with E-state index in [9.17, 15) is 4.79 Å². The number of carbonyl (C=O) groups is 1. The molecule has 0 aliphatic carbocycles. The van der Waals surface area contributed by atoms with Gasteiger partial charge in [-0.2, -0.15) is 0 Å². The molecule has 0 radical (unpaired) electrons. The molecule has 0 bridgehead atoms. The van der Waals surface area contributed by atoms with Crippen LogP contribution in [-0.4, -0.2) is 52.0 Å². The first kappa shape index (κ1) is 17.4. The fourth-order valence-corrected chi connectivity index (χ4v) is 3.15. The molecule has 0 spiro atoms. The lowest BCUT2D eigenvalue weighted by Crippen LogP contribution is -2.36. The minimum atomic E-state index is -0.319. The monoisotopic (exact) mass is 384 g/mol. The lowest BCUT2D eigenvalue weighted by Gasteiger charge is -2.29. The number of carbonyl (C=O) groups excluding carboxylic acids is 1. The summed E-state index contributed by atoms with van der Waals surface area (Å²) in [6.45, 7) is 2.96. The molecule has 1 aromatic carbocycles. The normalized spacial score (nSPS) is 14.2. The highest BCUT2D eigenvalue weighted by Crippen LogP contribution is 2.29. The molecule has 3 heterocycles. The van der Waals surface area contributed by atoms with Gasteiger partial charge in [-0.15, -0.1) is 10.2 Å². The van der Waals surface area contributed by atoms with Crippen molar-refractivity contribution in [3.63, 3.8) is 0 Å². The third-order valence-electron chi connectivity index (χ3n) is 4.21. The number of aromatic nitrogens is 4. The van der Waals surface area contributed by atoms with Crippen LogP contribution in [0.1, 0.15) is 10.5 Å².